The summed E-state index contributed by atoms with van der Waals surface area (Å²) in [5.74, 6) is 0. The fourth-order valence-corrected chi connectivity index (χ4v) is 1.54. The Kier molecular flexibility index (Phi) is 2.33. The molecule has 1 aliphatic rings. The van der Waals surface area contributed by atoms with Crippen LogP contribution in [0.4, 0.5) is 0 Å². The molecule has 0 aromatic carbocycles. The Hall–Kier alpha value is 0.0800. The van der Waals surface area contributed by atoms with E-state index in [0.717, 1.165) is 25.4 Å². The largest absolute Gasteiger partial charge is 0.176 e. The molecule has 0 saturated carbocycles. The molecule has 0 aromatic rings. The predicted octanol–water partition coefficient (Wildman–Crippen LogP) is 2.86. The van der Waals surface area contributed by atoms with Gasteiger partial charge < -0.3 is 0 Å². The number of hydrogen-bond donors (Lipinski definition) is 0. The average molecular weight is 147 g/mol. The number of hydrogen-bond acceptors (Lipinski definition) is 3. The lowest BCUT2D eigenvalue weighted by Gasteiger charge is -1.56. The van der Waals surface area contributed by atoms with Gasteiger partial charge in [-0.15, -0.1) is 0 Å². The summed E-state index contributed by atoms with van der Waals surface area (Å²) < 4.78 is 11.4. The van der Waals surface area contributed by atoms with Gasteiger partial charge in [0.2, 0.25) is 0 Å². The lowest BCUT2D eigenvalue weighted by atomic mass is 11.8. The van der Waals surface area contributed by atoms with E-state index in [9.17, 15) is 0 Å². The first kappa shape index (κ1) is 5.22. The molecule has 3 nitrogen and oxygen atoms in total. The van der Waals surface area contributed by atoms with E-state index in [0.29, 0.717) is 0 Å². The normalized spacial score (nSPS) is 21.7. The van der Waals surface area contributed by atoms with Crippen molar-refractivity contribution in [1.29, 1.82) is 0 Å². The van der Waals surface area contributed by atoms with Gasteiger partial charge in [0, 0.05) is 5.59 Å². The summed E-state index contributed by atoms with van der Waals surface area (Å²) in [4.78, 5) is 0. The highest BCUT2D eigenvalue weighted by Crippen LogP contribution is 2.19. The van der Waals surface area contributed by atoms with E-state index in [1.54, 1.807) is 0 Å². The van der Waals surface area contributed by atoms with Crippen LogP contribution in [0.2, 0.25) is 0 Å². The molecule has 7 heavy (non-hydrogen) atoms. The van der Waals surface area contributed by atoms with E-state index in [-0.39, 0.29) is 0 Å². The van der Waals surface area contributed by atoms with E-state index >= 15 is 0 Å². The summed E-state index contributed by atoms with van der Waals surface area (Å²) in [6.45, 7) is 0. The monoisotopic (exact) mass is 147 g/mol. The minimum Gasteiger partial charge on any atom is -0.176 e. The Bertz CT molecular complexity index is 147. The molecule has 0 radical (unpaired) electrons. The minimum atomic E-state index is 0.731. The molecule has 0 unspecified atom stereocenters. The SMILES string of the molecule is C1=NP=NP=NP=1. The maximum absolute atomic E-state index is 3.84. The van der Waals surface area contributed by atoms with Crippen LogP contribution >= 0.6 is 25.4 Å². The first-order valence-corrected chi connectivity index (χ1v) is 3.89. The van der Waals surface area contributed by atoms with E-state index in [4.69, 9.17) is 0 Å². The summed E-state index contributed by atoms with van der Waals surface area (Å²) in [7, 11) is 2.31. The van der Waals surface area contributed by atoms with Crippen LogP contribution in [0.5, 0.6) is 0 Å². The highest BCUT2D eigenvalue weighted by atomic mass is 31.1. The molecular formula is CN3P3. The van der Waals surface area contributed by atoms with Gasteiger partial charge in [0.25, 0.3) is 0 Å². The fraction of sp³-hybridized carbons (Fsp3) is 0. The summed E-state index contributed by atoms with van der Waals surface area (Å²) in [6, 6.07) is 0. The Balaban J connectivity index is 2.86. The lowest BCUT2D eigenvalue weighted by molar-refractivity contribution is 1.92. The molecular weight excluding hydrogens is 147 g/mol. The maximum Gasteiger partial charge on any atom is 0.169 e. The van der Waals surface area contributed by atoms with Crippen LogP contribution < -0.4 is 0 Å². The molecule has 34 valence electrons. The van der Waals surface area contributed by atoms with Crippen molar-refractivity contribution in [3.05, 3.63) is 0 Å². The zero-order chi connectivity index (χ0) is 4.95. The third-order valence-electron chi connectivity index (χ3n) is 0.299. The Morgan fingerprint density at radius 3 is 3.14 bits per heavy atom. The van der Waals surface area contributed by atoms with Crippen molar-refractivity contribution in [2.24, 2.45) is 13.8 Å². The molecule has 0 fully saturated rings. The van der Waals surface area contributed by atoms with Crippen molar-refractivity contribution >= 4 is 31.0 Å². The first-order valence-electron chi connectivity index (χ1n) is 1.45. The molecule has 0 amide bonds. The van der Waals surface area contributed by atoms with E-state index in [1.807, 2.05) is 0 Å². The van der Waals surface area contributed by atoms with Gasteiger partial charge in [0.1, 0.15) is 8.35 Å². The molecule has 1 heterocycles. The second-order valence-electron chi connectivity index (χ2n) is 0.658. The van der Waals surface area contributed by atoms with E-state index in [2.05, 4.69) is 19.4 Å². The molecule has 0 bridgehead atoms. The second-order valence-corrected chi connectivity index (χ2v) is 3.05. The van der Waals surface area contributed by atoms with Gasteiger partial charge in [-0.1, -0.05) is 0 Å². The predicted molar refractivity (Wildman–Crippen MR) is 33.1 cm³/mol. The summed E-state index contributed by atoms with van der Waals surface area (Å²) in [5.41, 5.74) is 2.66. The average Bonchev–Trinajstić information content (AvgIpc) is 1.90. The molecule has 1 rings (SSSR count). The van der Waals surface area contributed by atoms with E-state index < -0.39 is 0 Å². The van der Waals surface area contributed by atoms with Crippen molar-refractivity contribution < 1.29 is 0 Å². The second kappa shape index (κ2) is 3.13. The van der Waals surface area contributed by atoms with E-state index in [1.165, 1.54) is 0 Å². The van der Waals surface area contributed by atoms with Gasteiger partial charge in [-0.05, 0) is 0 Å². The molecule has 1 aliphatic heterocycles. The van der Waals surface area contributed by atoms with Crippen molar-refractivity contribution in [3.63, 3.8) is 0 Å². The molecule has 0 N–H and O–H groups in total. The van der Waals surface area contributed by atoms with Gasteiger partial charge in [0.15, 0.2) is 17.0 Å². The van der Waals surface area contributed by atoms with Crippen LogP contribution in [0.15, 0.2) is 13.8 Å². The highest BCUT2D eigenvalue weighted by molar-refractivity contribution is 7.48. The van der Waals surface area contributed by atoms with Crippen LogP contribution in [-0.2, 0) is 0 Å². The number of rotatable bonds is 0. The molecule has 0 aromatic heterocycles. The zero-order valence-corrected chi connectivity index (χ0v) is 5.87. The first-order chi connectivity index (χ1) is 3.50. The molecule has 0 saturated heterocycles. The molecule has 0 spiro atoms. The quantitative estimate of drug-likeness (QED) is 0.472. The fourth-order valence-electron chi connectivity index (χ4n) is 0.136. The van der Waals surface area contributed by atoms with Gasteiger partial charge in [-0.2, -0.15) is 13.8 Å². The lowest BCUT2D eigenvalue weighted by Crippen LogP contribution is -1.23. The maximum atomic E-state index is 3.84. The van der Waals surface area contributed by atoms with Crippen LogP contribution in [0.3, 0.4) is 0 Å². The van der Waals surface area contributed by atoms with Crippen molar-refractivity contribution in [2.75, 3.05) is 0 Å². The standard InChI is InChI=1S/CN3P3/c1-2-6-4-7-3-5-1. The van der Waals surface area contributed by atoms with Crippen LogP contribution in [0.25, 0.3) is 0 Å². The number of nitrogens with zero attached hydrogens (tertiary/aromatic N) is 3. The highest BCUT2D eigenvalue weighted by Gasteiger charge is 1.68. The van der Waals surface area contributed by atoms with Crippen LogP contribution in [0.1, 0.15) is 0 Å². The zero-order valence-electron chi connectivity index (χ0n) is 3.18. The summed E-state index contributed by atoms with van der Waals surface area (Å²) in [6.07, 6.45) is 0. The van der Waals surface area contributed by atoms with Gasteiger partial charge in [-0.3, -0.25) is 0 Å². The van der Waals surface area contributed by atoms with Crippen molar-refractivity contribution in [2.45, 2.75) is 0 Å². The van der Waals surface area contributed by atoms with Gasteiger partial charge >= 0.3 is 0 Å². The smallest absolute Gasteiger partial charge is 0.169 e. The molecule has 0 atom stereocenters. The molecule has 0 aliphatic carbocycles. The Labute approximate surface area is 45.6 Å². The Morgan fingerprint density at radius 1 is 1.14 bits per heavy atom. The van der Waals surface area contributed by atoms with Gasteiger partial charge in [-0.25, -0.2) is 0 Å². The van der Waals surface area contributed by atoms with Crippen molar-refractivity contribution in [3.8, 4) is 0 Å². The van der Waals surface area contributed by atoms with Crippen LogP contribution in [-0.4, -0.2) is 5.59 Å². The summed E-state index contributed by atoms with van der Waals surface area (Å²) >= 11 is 0. The topological polar surface area (TPSA) is 37.1 Å². The minimum absolute atomic E-state index is 0.731. The van der Waals surface area contributed by atoms with Crippen LogP contribution in [0, 0.1) is 0 Å². The Morgan fingerprint density at radius 2 is 2.14 bits per heavy atom. The third kappa shape index (κ3) is 2.02. The third-order valence-corrected chi connectivity index (χ3v) is 2.15. The molecule has 6 heteroatoms. The van der Waals surface area contributed by atoms with Gasteiger partial charge in [0.05, 0.1) is 0 Å². The summed E-state index contributed by atoms with van der Waals surface area (Å²) in [5, 5.41) is 0. The van der Waals surface area contributed by atoms with Crippen molar-refractivity contribution in [1.82, 2.24) is 0 Å².